The molecule has 0 aliphatic heterocycles. The van der Waals surface area contributed by atoms with Gasteiger partial charge < -0.3 is 26.0 Å². The van der Waals surface area contributed by atoms with Crippen molar-refractivity contribution in [3.63, 3.8) is 0 Å². The standard InChI is InChI=1S/C22H25ClN6O2/c1-15(30)29(12-6-11-24)17-9-10-19(20(13-17)31-2)27-22-25-14-18(23)21(28-22)26-16-7-4-3-5-8-16/h3-5,7-10,13-14H,6,11-12,24H2,1-2H3,(H2,25,26,27,28). The number of nitrogens with one attached hydrogen (secondary N) is 2. The van der Waals surface area contributed by atoms with Crippen molar-refractivity contribution in [1.29, 1.82) is 0 Å². The molecule has 0 saturated carbocycles. The van der Waals surface area contributed by atoms with Crippen LogP contribution in [0.4, 0.5) is 28.8 Å². The Labute approximate surface area is 186 Å². The zero-order valence-corrected chi connectivity index (χ0v) is 18.2. The van der Waals surface area contributed by atoms with Crippen LogP contribution in [0.2, 0.25) is 5.02 Å². The normalized spacial score (nSPS) is 10.5. The van der Waals surface area contributed by atoms with E-state index in [-0.39, 0.29) is 5.91 Å². The van der Waals surface area contributed by atoms with Gasteiger partial charge in [-0.1, -0.05) is 29.8 Å². The molecule has 0 aliphatic carbocycles. The van der Waals surface area contributed by atoms with Crippen LogP contribution in [0, 0.1) is 0 Å². The van der Waals surface area contributed by atoms with Gasteiger partial charge in [0.05, 0.1) is 19.0 Å². The SMILES string of the molecule is COc1cc(N(CCCN)C(C)=O)ccc1Nc1ncc(Cl)c(Nc2ccccc2)n1. The van der Waals surface area contributed by atoms with Gasteiger partial charge >= 0.3 is 0 Å². The van der Waals surface area contributed by atoms with Gasteiger partial charge in [-0.3, -0.25) is 4.79 Å². The van der Waals surface area contributed by atoms with Gasteiger partial charge in [0.15, 0.2) is 5.82 Å². The first-order chi connectivity index (χ1) is 15.0. The van der Waals surface area contributed by atoms with Gasteiger partial charge in [-0.2, -0.15) is 4.98 Å². The third kappa shape index (κ3) is 5.84. The maximum atomic E-state index is 12.0. The topological polar surface area (TPSA) is 105 Å². The number of nitrogens with zero attached hydrogens (tertiary/aromatic N) is 3. The Morgan fingerprint density at radius 2 is 1.97 bits per heavy atom. The maximum absolute atomic E-state index is 12.0. The Bertz CT molecular complexity index is 1030. The third-order valence-corrected chi connectivity index (χ3v) is 4.77. The first-order valence-electron chi connectivity index (χ1n) is 9.79. The van der Waals surface area contributed by atoms with Gasteiger partial charge in [0.1, 0.15) is 10.8 Å². The van der Waals surface area contributed by atoms with E-state index < -0.39 is 0 Å². The van der Waals surface area contributed by atoms with E-state index in [0.29, 0.717) is 47.7 Å². The van der Waals surface area contributed by atoms with Crippen LogP contribution >= 0.6 is 11.6 Å². The quantitative estimate of drug-likeness (QED) is 0.454. The van der Waals surface area contributed by atoms with E-state index in [0.717, 1.165) is 11.4 Å². The van der Waals surface area contributed by atoms with Crippen molar-refractivity contribution in [2.75, 3.05) is 35.7 Å². The summed E-state index contributed by atoms with van der Waals surface area (Å²) >= 11 is 6.25. The van der Waals surface area contributed by atoms with Crippen molar-refractivity contribution in [3.8, 4) is 5.75 Å². The van der Waals surface area contributed by atoms with Crippen molar-refractivity contribution in [2.45, 2.75) is 13.3 Å². The summed E-state index contributed by atoms with van der Waals surface area (Å²) in [6.45, 7) is 2.57. The summed E-state index contributed by atoms with van der Waals surface area (Å²) in [7, 11) is 1.56. The van der Waals surface area contributed by atoms with Gasteiger partial charge in [-0.05, 0) is 37.2 Å². The minimum absolute atomic E-state index is 0.0612. The lowest BCUT2D eigenvalue weighted by Gasteiger charge is -2.22. The molecule has 3 aromatic rings. The maximum Gasteiger partial charge on any atom is 0.229 e. The predicted molar refractivity (Wildman–Crippen MR) is 125 cm³/mol. The van der Waals surface area contributed by atoms with Crippen molar-refractivity contribution in [2.24, 2.45) is 5.73 Å². The molecule has 0 spiro atoms. The second kappa shape index (κ2) is 10.6. The molecule has 8 nitrogen and oxygen atoms in total. The van der Waals surface area contributed by atoms with Gasteiger partial charge in [0.25, 0.3) is 0 Å². The first-order valence-corrected chi connectivity index (χ1v) is 10.2. The Kier molecular flexibility index (Phi) is 7.64. The predicted octanol–water partition coefficient (Wildman–Crippen LogP) is 4.33. The first kappa shape index (κ1) is 22.3. The zero-order valence-electron chi connectivity index (χ0n) is 17.4. The lowest BCUT2D eigenvalue weighted by molar-refractivity contribution is -0.116. The van der Waals surface area contributed by atoms with Gasteiger partial charge in [-0.15, -0.1) is 0 Å². The van der Waals surface area contributed by atoms with Crippen LogP contribution in [-0.4, -0.2) is 36.1 Å². The number of aromatic nitrogens is 2. The summed E-state index contributed by atoms with van der Waals surface area (Å²) in [5.74, 6) is 1.31. The zero-order chi connectivity index (χ0) is 22.2. The molecule has 3 rings (SSSR count). The highest BCUT2D eigenvalue weighted by Crippen LogP contribution is 2.32. The molecule has 1 aromatic heterocycles. The summed E-state index contributed by atoms with van der Waals surface area (Å²) in [4.78, 5) is 22.4. The summed E-state index contributed by atoms with van der Waals surface area (Å²) in [5.41, 5.74) is 7.83. The van der Waals surface area contributed by atoms with E-state index in [1.165, 1.54) is 13.1 Å². The van der Waals surface area contributed by atoms with E-state index in [2.05, 4.69) is 20.6 Å². The number of para-hydroxylation sites is 1. The summed E-state index contributed by atoms with van der Waals surface area (Å²) in [6.07, 6.45) is 2.23. The number of nitrogens with two attached hydrogens (primary N) is 1. The van der Waals surface area contributed by atoms with E-state index in [1.54, 1.807) is 18.1 Å². The smallest absolute Gasteiger partial charge is 0.229 e. The van der Waals surface area contributed by atoms with Crippen molar-refractivity contribution in [3.05, 3.63) is 59.8 Å². The molecule has 0 bridgehead atoms. The van der Waals surface area contributed by atoms with Crippen LogP contribution in [-0.2, 0) is 4.79 Å². The van der Waals surface area contributed by atoms with Crippen molar-refractivity contribution >= 4 is 46.3 Å². The second-order valence-corrected chi connectivity index (χ2v) is 7.11. The van der Waals surface area contributed by atoms with Gasteiger partial charge in [0.2, 0.25) is 11.9 Å². The lowest BCUT2D eigenvalue weighted by Crippen LogP contribution is -2.30. The van der Waals surface area contributed by atoms with Crippen LogP contribution in [0.15, 0.2) is 54.7 Å². The van der Waals surface area contributed by atoms with Crippen LogP contribution in [0.3, 0.4) is 0 Å². The molecule has 1 heterocycles. The fraction of sp³-hybridized carbons (Fsp3) is 0.227. The molecule has 4 N–H and O–H groups in total. The van der Waals surface area contributed by atoms with E-state index in [1.807, 2.05) is 42.5 Å². The number of amides is 1. The minimum Gasteiger partial charge on any atom is -0.494 e. The summed E-state index contributed by atoms with van der Waals surface area (Å²) in [6, 6.07) is 15.0. The Hall–Kier alpha value is -3.36. The molecule has 0 fully saturated rings. The number of carbonyl (C=O) groups excluding carboxylic acids is 1. The Morgan fingerprint density at radius 3 is 2.65 bits per heavy atom. The van der Waals surface area contributed by atoms with Gasteiger partial charge in [-0.25, -0.2) is 4.98 Å². The average Bonchev–Trinajstić information content (AvgIpc) is 2.77. The van der Waals surface area contributed by atoms with E-state index >= 15 is 0 Å². The second-order valence-electron chi connectivity index (χ2n) is 6.70. The molecule has 0 aliphatic rings. The molecule has 1 amide bonds. The van der Waals surface area contributed by atoms with Crippen LogP contribution < -0.4 is 26.0 Å². The summed E-state index contributed by atoms with van der Waals surface area (Å²) < 4.78 is 5.52. The molecule has 0 radical (unpaired) electrons. The molecule has 0 atom stereocenters. The lowest BCUT2D eigenvalue weighted by atomic mass is 10.2. The number of ether oxygens (including phenoxy) is 1. The van der Waals surface area contributed by atoms with Crippen LogP contribution in [0.1, 0.15) is 13.3 Å². The highest BCUT2D eigenvalue weighted by Gasteiger charge is 2.15. The molecular weight excluding hydrogens is 416 g/mol. The fourth-order valence-corrected chi connectivity index (χ4v) is 3.10. The van der Waals surface area contributed by atoms with E-state index in [4.69, 9.17) is 22.1 Å². The molecular formula is C22H25ClN6O2. The number of rotatable bonds is 9. The number of hydrogen-bond donors (Lipinski definition) is 3. The third-order valence-electron chi connectivity index (χ3n) is 4.49. The fourth-order valence-electron chi connectivity index (χ4n) is 2.96. The van der Waals surface area contributed by atoms with Crippen molar-refractivity contribution < 1.29 is 9.53 Å². The Balaban J connectivity index is 1.83. The number of halogens is 1. The highest BCUT2D eigenvalue weighted by atomic mass is 35.5. The highest BCUT2D eigenvalue weighted by molar-refractivity contribution is 6.32. The van der Waals surface area contributed by atoms with Crippen LogP contribution in [0.25, 0.3) is 0 Å². The van der Waals surface area contributed by atoms with Crippen LogP contribution in [0.5, 0.6) is 5.75 Å². The number of methoxy groups -OCH3 is 1. The number of hydrogen-bond acceptors (Lipinski definition) is 7. The number of carbonyl (C=O) groups is 1. The molecule has 0 unspecified atom stereocenters. The monoisotopic (exact) mass is 440 g/mol. The summed E-state index contributed by atoms with van der Waals surface area (Å²) in [5, 5.41) is 6.72. The molecule has 0 saturated heterocycles. The van der Waals surface area contributed by atoms with Crippen molar-refractivity contribution in [1.82, 2.24) is 9.97 Å². The largest absolute Gasteiger partial charge is 0.494 e. The number of benzene rings is 2. The van der Waals surface area contributed by atoms with Gasteiger partial charge in [0, 0.05) is 30.9 Å². The molecule has 31 heavy (non-hydrogen) atoms. The minimum atomic E-state index is -0.0612. The van der Waals surface area contributed by atoms with E-state index in [9.17, 15) is 4.79 Å². The molecule has 162 valence electrons. The number of anilines is 5. The average molecular weight is 441 g/mol. The molecule has 9 heteroatoms. The molecule has 2 aromatic carbocycles. The Morgan fingerprint density at radius 1 is 1.19 bits per heavy atom.